The van der Waals surface area contributed by atoms with Crippen LogP contribution in [0, 0.1) is 17.8 Å². The summed E-state index contributed by atoms with van der Waals surface area (Å²) in [6, 6.07) is 0. The average Bonchev–Trinajstić information content (AvgIpc) is 3.12. The molecule has 0 spiro atoms. The standard InChI is InChI=1S/C47H90O6/c1-7-43(6)35-29-23-17-10-8-9-11-18-24-30-36-45(48)51-39-44(40-52-46(49)37-31-25-20-14-16-22-28-34-42(4)5)53-47(50)38-32-26-19-13-12-15-21-27-33-41(2)3/h41-44H,7-40H2,1-6H3/t43?,44-/m1/s1. The van der Waals surface area contributed by atoms with Crippen LogP contribution in [0.15, 0.2) is 0 Å². The molecule has 0 bridgehead atoms. The first-order valence-electron chi connectivity index (χ1n) is 23.1. The molecule has 0 aliphatic heterocycles. The molecule has 0 aliphatic rings. The molecule has 0 radical (unpaired) electrons. The van der Waals surface area contributed by atoms with Gasteiger partial charge in [-0.25, -0.2) is 0 Å². The van der Waals surface area contributed by atoms with Gasteiger partial charge < -0.3 is 14.2 Å². The molecule has 0 saturated carbocycles. The predicted molar refractivity (Wildman–Crippen MR) is 224 cm³/mol. The number of carbonyl (C=O) groups excluding carboxylic acids is 3. The molecule has 0 saturated heterocycles. The van der Waals surface area contributed by atoms with Crippen molar-refractivity contribution in [2.24, 2.45) is 17.8 Å². The second-order valence-corrected chi connectivity index (χ2v) is 17.2. The fraction of sp³-hybridized carbons (Fsp3) is 0.936. The van der Waals surface area contributed by atoms with E-state index in [1.54, 1.807) is 0 Å². The molecule has 53 heavy (non-hydrogen) atoms. The van der Waals surface area contributed by atoms with Gasteiger partial charge in [0, 0.05) is 19.3 Å². The summed E-state index contributed by atoms with van der Waals surface area (Å²) in [6.07, 6.45) is 35.2. The fourth-order valence-corrected chi connectivity index (χ4v) is 6.85. The molecule has 314 valence electrons. The smallest absolute Gasteiger partial charge is 0.306 e. The molecular formula is C47H90O6. The summed E-state index contributed by atoms with van der Waals surface area (Å²) in [5.41, 5.74) is 0. The third kappa shape index (κ3) is 39.9. The van der Waals surface area contributed by atoms with E-state index in [2.05, 4.69) is 41.5 Å². The second kappa shape index (κ2) is 38.7. The zero-order valence-corrected chi connectivity index (χ0v) is 36.3. The van der Waals surface area contributed by atoms with Crippen molar-refractivity contribution in [3.63, 3.8) is 0 Å². The Kier molecular flexibility index (Phi) is 37.5. The highest BCUT2D eigenvalue weighted by molar-refractivity contribution is 5.71. The normalized spacial score (nSPS) is 12.7. The van der Waals surface area contributed by atoms with E-state index in [1.165, 1.54) is 128 Å². The van der Waals surface area contributed by atoms with Crippen molar-refractivity contribution >= 4 is 17.9 Å². The molecule has 0 aromatic rings. The summed E-state index contributed by atoms with van der Waals surface area (Å²) >= 11 is 0. The third-order valence-corrected chi connectivity index (χ3v) is 10.8. The summed E-state index contributed by atoms with van der Waals surface area (Å²) in [5, 5.41) is 0. The molecule has 0 fully saturated rings. The van der Waals surface area contributed by atoms with Gasteiger partial charge in [0.15, 0.2) is 6.10 Å². The third-order valence-electron chi connectivity index (χ3n) is 10.8. The fourth-order valence-electron chi connectivity index (χ4n) is 6.85. The number of unbranched alkanes of at least 4 members (excludes halogenated alkanes) is 22. The van der Waals surface area contributed by atoms with E-state index in [0.717, 1.165) is 75.5 Å². The van der Waals surface area contributed by atoms with Crippen LogP contribution >= 0.6 is 0 Å². The molecule has 0 N–H and O–H groups in total. The van der Waals surface area contributed by atoms with Crippen molar-refractivity contribution in [3.8, 4) is 0 Å². The minimum Gasteiger partial charge on any atom is -0.462 e. The van der Waals surface area contributed by atoms with Gasteiger partial charge in [-0.15, -0.1) is 0 Å². The molecule has 6 nitrogen and oxygen atoms in total. The lowest BCUT2D eigenvalue weighted by atomic mass is 9.99. The second-order valence-electron chi connectivity index (χ2n) is 17.2. The van der Waals surface area contributed by atoms with Crippen LogP contribution in [0.2, 0.25) is 0 Å². The summed E-state index contributed by atoms with van der Waals surface area (Å²) in [6.45, 7) is 13.6. The van der Waals surface area contributed by atoms with Gasteiger partial charge in [0.25, 0.3) is 0 Å². The Bertz CT molecular complexity index is 824. The van der Waals surface area contributed by atoms with Gasteiger partial charge in [0.2, 0.25) is 0 Å². The number of hydrogen-bond donors (Lipinski definition) is 0. The summed E-state index contributed by atoms with van der Waals surface area (Å²) in [4.78, 5) is 37.7. The average molecular weight is 751 g/mol. The summed E-state index contributed by atoms with van der Waals surface area (Å²) in [5.74, 6) is 1.58. The molecule has 0 aliphatic carbocycles. The maximum Gasteiger partial charge on any atom is 0.306 e. The van der Waals surface area contributed by atoms with Gasteiger partial charge in [0.1, 0.15) is 13.2 Å². The van der Waals surface area contributed by atoms with E-state index in [9.17, 15) is 14.4 Å². The lowest BCUT2D eigenvalue weighted by Gasteiger charge is -2.18. The number of carbonyl (C=O) groups is 3. The Labute approximate surface area is 329 Å². The topological polar surface area (TPSA) is 78.9 Å². The first kappa shape index (κ1) is 51.4. The first-order chi connectivity index (χ1) is 25.6. The zero-order chi connectivity index (χ0) is 39.2. The molecule has 0 rings (SSSR count). The largest absolute Gasteiger partial charge is 0.462 e. The number of esters is 3. The van der Waals surface area contributed by atoms with E-state index < -0.39 is 6.10 Å². The van der Waals surface area contributed by atoms with Crippen LogP contribution in [-0.2, 0) is 28.6 Å². The molecule has 1 unspecified atom stereocenters. The van der Waals surface area contributed by atoms with Crippen LogP contribution in [0.25, 0.3) is 0 Å². The number of hydrogen-bond acceptors (Lipinski definition) is 6. The van der Waals surface area contributed by atoms with Crippen molar-refractivity contribution < 1.29 is 28.6 Å². The molecule has 0 amide bonds. The monoisotopic (exact) mass is 751 g/mol. The van der Waals surface area contributed by atoms with Crippen molar-refractivity contribution in [2.75, 3.05) is 13.2 Å². The maximum absolute atomic E-state index is 12.7. The van der Waals surface area contributed by atoms with Gasteiger partial charge in [-0.2, -0.15) is 0 Å². The SMILES string of the molecule is CCC(C)CCCCCCCCCCCCC(=O)OC[C@H](COC(=O)CCCCCCCCCC(C)C)OC(=O)CCCCCCCCCCC(C)C. The van der Waals surface area contributed by atoms with Crippen molar-refractivity contribution in [1.29, 1.82) is 0 Å². The Balaban J connectivity index is 4.34. The molecule has 2 atom stereocenters. The molecule has 0 aromatic heterocycles. The van der Waals surface area contributed by atoms with E-state index in [0.29, 0.717) is 19.3 Å². The van der Waals surface area contributed by atoms with E-state index >= 15 is 0 Å². The lowest BCUT2D eigenvalue weighted by Crippen LogP contribution is -2.30. The van der Waals surface area contributed by atoms with Crippen molar-refractivity contribution in [3.05, 3.63) is 0 Å². The van der Waals surface area contributed by atoms with Gasteiger partial charge in [-0.1, -0.05) is 208 Å². The van der Waals surface area contributed by atoms with E-state index in [-0.39, 0.29) is 31.1 Å². The van der Waals surface area contributed by atoms with E-state index in [4.69, 9.17) is 14.2 Å². The van der Waals surface area contributed by atoms with Crippen LogP contribution in [-0.4, -0.2) is 37.2 Å². The Morgan fingerprint density at radius 1 is 0.377 bits per heavy atom. The van der Waals surface area contributed by atoms with Crippen LogP contribution in [0.3, 0.4) is 0 Å². The molecule has 0 aromatic carbocycles. The zero-order valence-electron chi connectivity index (χ0n) is 36.3. The van der Waals surface area contributed by atoms with Gasteiger partial charge in [-0.3, -0.25) is 14.4 Å². The van der Waals surface area contributed by atoms with Gasteiger partial charge in [0.05, 0.1) is 0 Å². The predicted octanol–water partition coefficient (Wildman–Crippen LogP) is 14.4. The van der Waals surface area contributed by atoms with E-state index in [1.807, 2.05) is 0 Å². The quantitative estimate of drug-likeness (QED) is 0.0352. The van der Waals surface area contributed by atoms with Crippen LogP contribution in [0.5, 0.6) is 0 Å². The van der Waals surface area contributed by atoms with Gasteiger partial charge in [-0.05, 0) is 37.0 Å². The Morgan fingerprint density at radius 2 is 0.660 bits per heavy atom. The minimum atomic E-state index is -0.762. The van der Waals surface area contributed by atoms with Crippen LogP contribution in [0.1, 0.15) is 247 Å². The lowest BCUT2D eigenvalue weighted by molar-refractivity contribution is -0.167. The van der Waals surface area contributed by atoms with Crippen LogP contribution in [0.4, 0.5) is 0 Å². The number of ether oxygens (including phenoxy) is 3. The van der Waals surface area contributed by atoms with Crippen molar-refractivity contribution in [1.82, 2.24) is 0 Å². The highest BCUT2D eigenvalue weighted by atomic mass is 16.6. The molecule has 6 heteroatoms. The number of rotatable bonds is 40. The highest BCUT2D eigenvalue weighted by Crippen LogP contribution is 2.17. The highest BCUT2D eigenvalue weighted by Gasteiger charge is 2.19. The summed E-state index contributed by atoms with van der Waals surface area (Å²) in [7, 11) is 0. The first-order valence-corrected chi connectivity index (χ1v) is 23.1. The minimum absolute atomic E-state index is 0.0666. The van der Waals surface area contributed by atoms with Crippen molar-refractivity contribution in [2.45, 2.75) is 253 Å². The summed E-state index contributed by atoms with van der Waals surface area (Å²) < 4.78 is 16.7. The Hall–Kier alpha value is -1.59. The molecule has 0 heterocycles. The molecular weight excluding hydrogens is 661 g/mol. The Morgan fingerprint density at radius 3 is 0.981 bits per heavy atom. The van der Waals surface area contributed by atoms with Crippen LogP contribution < -0.4 is 0 Å². The maximum atomic E-state index is 12.7. The van der Waals surface area contributed by atoms with Gasteiger partial charge >= 0.3 is 17.9 Å².